The Balaban J connectivity index is 1.10. The highest BCUT2D eigenvalue weighted by molar-refractivity contribution is 6.24. The molecule has 0 aliphatic heterocycles. The number of carbonyl (C=O) groups is 5. The highest BCUT2D eigenvalue weighted by atomic mass is 16.6. The van der Waals surface area contributed by atoms with E-state index in [0.29, 0.717) is 28.0 Å². The largest absolute Gasteiger partial charge is 0.497 e. The molecule has 8 rings (SSSR count). The molecule has 63 heavy (non-hydrogen) atoms. The highest BCUT2D eigenvalue weighted by Crippen LogP contribution is 2.45. The zero-order valence-electron chi connectivity index (χ0n) is 35.1. The molecule has 2 aliphatic carbocycles. The summed E-state index contributed by atoms with van der Waals surface area (Å²) in [4.78, 5) is 64.7. The predicted molar refractivity (Wildman–Crippen MR) is 243 cm³/mol. The summed E-state index contributed by atoms with van der Waals surface area (Å²) >= 11 is 0. The summed E-state index contributed by atoms with van der Waals surface area (Å²) in [7, 11) is 1.65. The fourth-order valence-corrected chi connectivity index (χ4v) is 8.22. The van der Waals surface area contributed by atoms with E-state index in [-0.39, 0.29) is 49.5 Å². The first-order valence-corrected chi connectivity index (χ1v) is 20.8. The van der Waals surface area contributed by atoms with Gasteiger partial charge in [-0.05, 0) is 91.4 Å². The SMILES string of the molecule is C=CC(=O)OCCOC(=O)CCC(=O)Oc1ccc2ccc(C(C)C3=C/C(=C4/C=C(C(C)c5ccc6ccc(OC)cc6c5)C(=O)c5ccccc54)c4ccccc4C3=O)cc2c1. The van der Waals surface area contributed by atoms with Crippen molar-refractivity contribution in [2.45, 2.75) is 38.5 Å². The summed E-state index contributed by atoms with van der Waals surface area (Å²) in [6.07, 6.45) is 4.60. The van der Waals surface area contributed by atoms with Gasteiger partial charge in [-0.15, -0.1) is 0 Å². The molecule has 0 amide bonds. The van der Waals surface area contributed by atoms with Gasteiger partial charge in [0.15, 0.2) is 11.6 Å². The smallest absolute Gasteiger partial charge is 0.330 e. The maximum atomic E-state index is 14.4. The van der Waals surface area contributed by atoms with Crippen LogP contribution in [-0.2, 0) is 23.9 Å². The molecule has 0 aromatic heterocycles. The van der Waals surface area contributed by atoms with E-state index in [1.807, 2.05) is 110 Å². The van der Waals surface area contributed by atoms with Crippen molar-refractivity contribution in [3.05, 3.63) is 191 Å². The maximum Gasteiger partial charge on any atom is 0.330 e. The van der Waals surface area contributed by atoms with Crippen molar-refractivity contribution >= 4 is 62.2 Å². The van der Waals surface area contributed by atoms with Gasteiger partial charge in [0.1, 0.15) is 24.7 Å². The average molecular weight is 837 g/mol. The Morgan fingerprint density at radius 2 is 1.02 bits per heavy atom. The number of esters is 3. The number of benzene rings is 6. The van der Waals surface area contributed by atoms with Gasteiger partial charge in [0, 0.05) is 40.2 Å². The van der Waals surface area contributed by atoms with Crippen LogP contribution in [0.2, 0.25) is 0 Å². The summed E-state index contributed by atoms with van der Waals surface area (Å²) in [6, 6.07) is 38.7. The Kier molecular flexibility index (Phi) is 12.1. The van der Waals surface area contributed by atoms with Gasteiger partial charge in [0.05, 0.1) is 20.0 Å². The minimum Gasteiger partial charge on any atom is -0.497 e. The van der Waals surface area contributed by atoms with Crippen LogP contribution >= 0.6 is 0 Å². The van der Waals surface area contributed by atoms with Crippen molar-refractivity contribution in [1.82, 2.24) is 0 Å². The Hall–Kier alpha value is -7.65. The van der Waals surface area contributed by atoms with Crippen LogP contribution < -0.4 is 9.47 Å². The molecule has 0 heterocycles. The van der Waals surface area contributed by atoms with Crippen molar-refractivity contribution in [3.8, 4) is 11.5 Å². The first-order chi connectivity index (χ1) is 30.5. The van der Waals surface area contributed by atoms with Crippen LogP contribution in [0.5, 0.6) is 11.5 Å². The molecule has 0 fully saturated rings. The zero-order chi connectivity index (χ0) is 44.2. The Morgan fingerprint density at radius 1 is 0.556 bits per heavy atom. The number of hydrogen-bond donors (Lipinski definition) is 0. The highest BCUT2D eigenvalue weighted by Gasteiger charge is 2.33. The number of Topliss-reactive ketones (excluding diaryl/α,β-unsaturated/α-hetero) is 2. The van der Waals surface area contributed by atoms with Crippen molar-refractivity contribution < 1.29 is 42.9 Å². The number of carbonyl (C=O) groups excluding carboxylic acids is 5. The van der Waals surface area contributed by atoms with Crippen molar-refractivity contribution in [2.75, 3.05) is 20.3 Å². The lowest BCUT2D eigenvalue weighted by Crippen LogP contribution is -2.19. The first kappa shape index (κ1) is 42.1. The molecule has 0 saturated carbocycles. The third kappa shape index (κ3) is 8.77. The second kappa shape index (κ2) is 18.1. The molecule has 2 unspecified atom stereocenters. The zero-order valence-corrected chi connectivity index (χ0v) is 35.1. The molecule has 314 valence electrons. The maximum absolute atomic E-state index is 14.4. The van der Waals surface area contributed by atoms with Crippen LogP contribution in [0.3, 0.4) is 0 Å². The second-order valence-electron chi connectivity index (χ2n) is 15.5. The van der Waals surface area contributed by atoms with Crippen LogP contribution in [0.1, 0.15) is 81.5 Å². The molecule has 0 spiro atoms. The number of rotatable bonds is 13. The second-order valence-corrected chi connectivity index (χ2v) is 15.5. The lowest BCUT2D eigenvalue weighted by atomic mass is 9.74. The van der Waals surface area contributed by atoms with Gasteiger partial charge in [-0.3, -0.25) is 19.2 Å². The Bertz CT molecular complexity index is 2970. The van der Waals surface area contributed by atoms with Crippen LogP contribution in [-0.4, -0.2) is 49.8 Å². The third-order valence-electron chi connectivity index (χ3n) is 11.7. The molecule has 6 aromatic carbocycles. The molecular weight excluding hydrogens is 793 g/mol. The van der Waals surface area contributed by atoms with Gasteiger partial charge in [0.2, 0.25) is 0 Å². The molecule has 0 N–H and O–H groups in total. The molecule has 9 heteroatoms. The third-order valence-corrected chi connectivity index (χ3v) is 11.7. The molecule has 6 aromatic rings. The van der Waals surface area contributed by atoms with E-state index in [0.717, 1.165) is 66.8 Å². The Morgan fingerprint density at radius 3 is 1.54 bits per heavy atom. The summed E-state index contributed by atoms with van der Waals surface area (Å²) in [6.45, 7) is 7.11. The fraction of sp³-hybridized carbons (Fsp3) is 0.167. The van der Waals surface area contributed by atoms with E-state index >= 15 is 0 Å². The monoisotopic (exact) mass is 836 g/mol. The normalized spacial score (nSPS) is 15.3. The number of hydrogen-bond acceptors (Lipinski definition) is 9. The van der Waals surface area contributed by atoms with Gasteiger partial charge in [-0.2, -0.15) is 0 Å². The van der Waals surface area contributed by atoms with Crippen LogP contribution in [0.4, 0.5) is 0 Å². The Labute approximate surface area is 364 Å². The summed E-state index contributed by atoms with van der Waals surface area (Å²) in [5.41, 5.74) is 7.66. The molecule has 9 nitrogen and oxygen atoms in total. The molecule has 0 radical (unpaired) electrons. The van der Waals surface area contributed by atoms with E-state index in [1.165, 1.54) is 0 Å². The fourth-order valence-electron chi connectivity index (χ4n) is 8.22. The van der Waals surface area contributed by atoms with Gasteiger partial charge < -0.3 is 18.9 Å². The van der Waals surface area contributed by atoms with E-state index < -0.39 is 17.9 Å². The summed E-state index contributed by atoms with van der Waals surface area (Å²) in [5, 5.41) is 3.80. The number of ether oxygens (including phenoxy) is 4. The summed E-state index contributed by atoms with van der Waals surface area (Å²) < 4.78 is 20.9. The molecule has 2 atom stereocenters. The van der Waals surface area contributed by atoms with Gasteiger partial charge in [-0.25, -0.2) is 4.79 Å². The van der Waals surface area contributed by atoms with Crippen molar-refractivity contribution in [3.63, 3.8) is 0 Å². The minimum atomic E-state index is -0.623. The van der Waals surface area contributed by atoms with Crippen molar-refractivity contribution in [2.24, 2.45) is 0 Å². The number of fused-ring (bicyclic) bond motifs is 4. The predicted octanol–water partition coefficient (Wildman–Crippen LogP) is 10.7. The molecular formula is C54H44O9. The average Bonchev–Trinajstić information content (AvgIpc) is 3.31. The lowest BCUT2D eigenvalue weighted by Gasteiger charge is -2.28. The minimum absolute atomic E-state index is 0.0321. The quantitative estimate of drug-likeness (QED) is 0.0484. The van der Waals surface area contributed by atoms with Gasteiger partial charge in [-0.1, -0.05) is 117 Å². The van der Waals surface area contributed by atoms with Gasteiger partial charge >= 0.3 is 17.9 Å². The molecule has 2 aliphatic rings. The lowest BCUT2D eigenvalue weighted by molar-refractivity contribution is -0.151. The van der Waals surface area contributed by atoms with Gasteiger partial charge in [0.25, 0.3) is 0 Å². The van der Waals surface area contributed by atoms with Crippen molar-refractivity contribution in [1.29, 1.82) is 0 Å². The molecule has 0 bridgehead atoms. The molecule has 0 saturated heterocycles. The summed E-state index contributed by atoms with van der Waals surface area (Å²) in [5.74, 6) is -1.49. The number of methoxy groups -OCH3 is 1. The number of ketones is 2. The van der Waals surface area contributed by atoms with E-state index in [1.54, 1.807) is 19.2 Å². The number of allylic oxidation sites excluding steroid dienone is 6. The van der Waals surface area contributed by atoms with Crippen LogP contribution in [0, 0.1) is 0 Å². The topological polar surface area (TPSA) is 122 Å². The van der Waals surface area contributed by atoms with E-state index in [9.17, 15) is 24.0 Å². The van der Waals surface area contributed by atoms with E-state index in [4.69, 9.17) is 18.9 Å². The standard InChI is InChI=1S/C54H44O9/c1-5-50(55)61-24-25-62-51(56)22-23-52(57)63-41-21-19-35-15-17-37(27-39(35)29-41)33(3)47-31-49(43-11-7-9-13-45(43)54(47)59)48-30-46(53(58)44-12-8-6-10-42(44)48)32(2)36-16-14-34-18-20-40(60-4)28-38(34)26-36/h5-21,26-33H,1,22-25H2,2-4H3/b49-48+. The van der Waals surface area contributed by atoms with Crippen LogP contribution in [0.25, 0.3) is 32.7 Å². The van der Waals surface area contributed by atoms with Crippen LogP contribution in [0.15, 0.2) is 157 Å². The first-order valence-electron chi connectivity index (χ1n) is 20.8. The van der Waals surface area contributed by atoms with E-state index in [2.05, 4.69) is 31.7 Å².